The van der Waals surface area contributed by atoms with Crippen molar-refractivity contribution in [3.63, 3.8) is 0 Å². The molecule has 1 aliphatic carbocycles. The van der Waals surface area contributed by atoms with Gasteiger partial charge in [-0.3, -0.25) is 0 Å². The normalized spacial score (nSPS) is 25.8. The fourth-order valence-corrected chi connectivity index (χ4v) is 3.99. The van der Waals surface area contributed by atoms with E-state index in [9.17, 15) is 13.6 Å². The highest BCUT2D eigenvalue weighted by Gasteiger charge is 2.48. The lowest BCUT2D eigenvalue weighted by molar-refractivity contribution is -0.125. The van der Waals surface area contributed by atoms with Gasteiger partial charge in [-0.05, 0) is 30.4 Å². The second-order valence-corrected chi connectivity index (χ2v) is 7.83. The van der Waals surface area contributed by atoms with Gasteiger partial charge in [0.05, 0.1) is 6.57 Å². The zero-order chi connectivity index (χ0) is 18.5. The Labute approximate surface area is 146 Å². The van der Waals surface area contributed by atoms with Crippen molar-refractivity contribution in [2.45, 2.75) is 39.5 Å². The molecule has 1 aromatic heterocycles. The second kappa shape index (κ2) is 5.62. The number of halogens is 2. The maximum absolute atomic E-state index is 13.6. The third kappa shape index (κ3) is 3.15. The van der Waals surface area contributed by atoms with E-state index in [1.54, 1.807) is 18.2 Å². The van der Waals surface area contributed by atoms with Crippen molar-refractivity contribution < 1.29 is 13.6 Å². The molecule has 2 heterocycles. The van der Waals surface area contributed by atoms with Crippen molar-refractivity contribution in [2.24, 2.45) is 10.8 Å². The molecule has 1 aliphatic heterocycles. The molecule has 2 aliphatic rings. The Morgan fingerprint density at radius 1 is 1.36 bits per heavy atom. The van der Waals surface area contributed by atoms with Crippen LogP contribution in [0.15, 0.2) is 30.0 Å². The van der Waals surface area contributed by atoms with Gasteiger partial charge >= 0.3 is 0 Å². The van der Waals surface area contributed by atoms with E-state index in [0.717, 1.165) is 13.3 Å². The van der Waals surface area contributed by atoms with Crippen LogP contribution in [-0.2, 0) is 10.7 Å². The number of aromatic nitrogens is 1. The summed E-state index contributed by atoms with van der Waals surface area (Å²) in [5.41, 5.74) is -0.928. The monoisotopic (exact) mass is 345 g/mol. The van der Waals surface area contributed by atoms with E-state index >= 15 is 0 Å². The second-order valence-electron chi connectivity index (χ2n) is 7.83. The minimum Gasteiger partial charge on any atom is -0.356 e. The highest BCUT2D eigenvalue weighted by Crippen LogP contribution is 2.48. The first-order valence-electron chi connectivity index (χ1n) is 8.32. The smallest absolute Gasteiger partial charge is 0.287 e. The van der Waals surface area contributed by atoms with Gasteiger partial charge in [0.15, 0.2) is 5.78 Å². The molecule has 1 unspecified atom stereocenters. The van der Waals surface area contributed by atoms with Crippen molar-refractivity contribution in [1.82, 2.24) is 4.98 Å². The molecule has 6 heteroatoms. The highest BCUT2D eigenvalue weighted by atomic mass is 19.3. The molecule has 0 aromatic carbocycles. The molecule has 1 aromatic rings. The van der Waals surface area contributed by atoms with Crippen LogP contribution >= 0.6 is 0 Å². The number of nitrogens with zero attached hydrogens (tertiary/aromatic N) is 3. The molecule has 1 spiro atoms. The molecule has 132 valence electrons. The van der Waals surface area contributed by atoms with E-state index in [-0.39, 0.29) is 22.6 Å². The largest absolute Gasteiger partial charge is 0.356 e. The number of pyridine rings is 1. The summed E-state index contributed by atoms with van der Waals surface area (Å²) >= 11 is 0. The van der Waals surface area contributed by atoms with Crippen LogP contribution in [-0.4, -0.2) is 23.9 Å². The predicted octanol–water partition coefficient (Wildman–Crippen LogP) is 4.19. The van der Waals surface area contributed by atoms with Gasteiger partial charge in [-0.2, -0.15) is 8.78 Å². The topological polar surface area (TPSA) is 37.6 Å². The average Bonchev–Trinajstić information content (AvgIpc) is 2.93. The maximum Gasteiger partial charge on any atom is 0.287 e. The minimum atomic E-state index is -2.98. The number of anilines is 1. The molecule has 0 amide bonds. The summed E-state index contributed by atoms with van der Waals surface area (Å²) in [6.45, 7) is 13.1. The van der Waals surface area contributed by atoms with Crippen LogP contribution in [0.4, 0.5) is 14.6 Å². The van der Waals surface area contributed by atoms with Crippen molar-refractivity contribution in [3.8, 4) is 0 Å². The zero-order valence-electron chi connectivity index (χ0n) is 14.6. The molecule has 3 rings (SSSR count). The van der Waals surface area contributed by atoms with Gasteiger partial charge in [0, 0.05) is 25.4 Å². The molecular weight excluding hydrogens is 324 g/mol. The Morgan fingerprint density at radius 3 is 2.72 bits per heavy atom. The summed E-state index contributed by atoms with van der Waals surface area (Å²) in [5, 5.41) is 0. The summed E-state index contributed by atoms with van der Waals surface area (Å²) in [7, 11) is 0. The van der Waals surface area contributed by atoms with Crippen molar-refractivity contribution in [3.05, 3.63) is 47.1 Å². The fourth-order valence-electron chi connectivity index (χ4n) is 3.99. The zero-order valence-corrected chi connectivity index (χ0v) is 14.6. The number of carbonyl (C=O) groups is 1. The van der Waals surface area contributed by atoms with Gasteiger partial charge in [0.1, 0.15) is 11.5 Å². The lowest BCUT2D eigenvalue weighted by atomic mass is 9.65. The van der Waals surface area contributed by atoms with Gasteiger partial charge in [0.25, 0.3) is 5.92 Å². The van der Waals surface area contributed by atoms with Gasteiger partial charge < -0.3 is 9.69 Å². The van der Waals surface area contributed by atoms with Crippen molar-refractivity contribution in [2.75, 3.05) is 18.0 Å². The molecule has 0 bridgehead atoms. The molecule has 0 N–H and O–H groups in total. The molecule has 1 fully saturated rings. The first-order chi connectivity index (χ1) is 11.6. The number of ketones is 1. The lowest BCUT2D eigenvalue weighted by Gasteiger charge is -2.39. The van der Waals surface area contributed by atoms with Gasteiger partial charge in [0.2, 0.25) is 5.70 Å². The molecule has 25 heavy (non-hydrogen) atoms. The van der Waals surface area contributed by atoms with E-state index in [2.05, 4.69) is 9.83 Å². The summed E-state index contributed by atoms with van der Waals surface area (Å²) in [5.74, 6) is -2.58. The van der Waals surface area contributed by atoms with Crippen LogP contribution < -0.4 is 4.90 Å². The third-order valence-corrected chi connectivity index (χ3v) is 5.10. The van der Waals surface area contributed by atoms with Gasteiger partial charge in [-0.25, -0.2) is 9.83 Å². The van der Waals surface area contributed by atoms with Crippen molar-refractivity contribution >= 4 is 11.6 Å². The van der Waals surface area contributed by atoms with E-state index in [0.29, 0.717) is 25.3 Å². The molecular formula is C19H21F2N3O. The quantitative estimate of drug-likeness (QED) is 0.754. The average molecular weight is 345 g/mol. The Bertz CT molecular complexity index is 789. The van der Waals surface area contributed by atoms with Crippen LogP contribution in [0.1, 0.15) is 39.3 Å². The first-order valence-corrected chi connectivity index (χ1v) is 8.32. The Hall–Kier alpha value is -2.29. The molecule has 0 radical (unpaired) electrons. The molecule has 4 nitrogen and oxygen atoms in total. The highest BCUT2D eigenvalue weighted by molar-refractivity contribution is 6.02. The Morgan fingerprint density at radius 2 is 2.08 bits per heavy atom. The number of Topliss-reactive ketones (excluding diaryl/α,β-unsaturated/α-hetero) is 1. The number of rotatable bonds is 2. The Balaban J connectivity index is 1.91. The summed E-state index contributed by atoms with van der Waals surface area (Å²) in [6.07, 6.45) is 3.22. The SMILES string of the molecule is [C-]#[N+]C1=CC2(CCN(c3cccc(C(C)(F)F)n3)C2)CC(C)(C)C1=O. The minimum absolute atomic E-state index is 0.114. The predicted molar refractivity (Wildman–Crippen MR) is 91.2 cm³/mol. The van der Waals surface area contributed by atoms with Crippen LogP contribution in [0.2, 0.25) is 0 Å². The molecule has 0 saturated carbocycles. The standard InChI is InChI=1S/C19H21F2N3O/c1-17(2)11-19(10-13(22-4)16(17)25)8-9-24(12-19)15-7-5-6-14(23-15)18(3,20)21/h5-7,10H,8-9,11-12H2,1-3H3. The van der Waals surface area contributed by atoms with Crippen molar-refractivity contribution in [1.29, 1.82) is 0 Å². The maximum atomic E-state index is 13.6. The number of allylic oxidation sites excluding steroid dienone is 1. The molecule has 1 atom stereocenters. The molecule has 1 saturated heterocycles. The number of alkyl halides is 2. The summed E-state index contributed by atoms with van der Waals surface area (Å²) in [6, 6.07) is 4.65. The van der Waals surface area contributed by atoms with E-state index in [1.165, 1.54) is 6.07 Å². The van der Waals surface area contributed by atoms with E-state index < -0.39 is 11.3 Å². The van der Waals surface area contributed by atoms with Gasteiger partial charge in [-0.1, -0.05) is 26.0 Å². The third-order valence-electron chi connectivity index (χ3n) is 5.10. The number of carbonyl (C=O) groups excluding carboxylic acids is 1. The fraction of sp³-hybridized carbons (Fsp3) is 0.526. The van der Waals surface area contributed by atoms with Crippen LogP contribution in [0.25, 0.3) is 4.85 Å². The van der Waals surface area contributed by atoms with Crippen LogP contribution in [0.5, 0.6) is 0 Å². The summed E-state index contributed by atoms with van der Waals surface area (Å²) < 4.78 is 27.1. The van der Waals surface area contributed by atoms with E-state index in [4.69, 9.17) is 6.57 Å². The number of hydrogen-bond acceptors (Lipinski definition) is 3. The van der Waals surface area contributed by atoms with E-state index in [1.807, 2.05) is 18.7 Å². The van der Waals surface area contributed by atoms with Gasteiger partial charge in [-0.15, -0.1) is 0 Å². The summed E-state index contributed by atoms with van der Waals surface area (Å²) in [4.78, 5) is 21.8. The Kier molecular flexibility index (Phi) is 3.94. The number of hydrogen-bond donors (Lipinski definition) is 0. The van der Waals surface area contributed by atoms with Crippen LogP contribution in [0.3, 0.4) is 0 Å². The van der Waals surface area contributed by atoms with Crippen LogP contribution in [0, 0.1) is 17.4 Å². The first kappa shape index (κ1) is 17.5. The lowest BCUT2D eigenvalue weighted by Crippen LogP contribution is -2.39.